The number of hydrogen-bond donors (Lipinski definition) is 2. The van der Waals surface area contributed by atoms with Crippen molar-refractivity contribution in [1.29, 1.82) is 0 Å². The fourth-order valence-corrected chi connectivity index (χ4v) is 3.28. The molecule has 0 saturated heterocycles. The van der Waals surface area contributed by atoms with Gasteiger partial charge < -0.3 is 11.5 Å². The van der Waals surface area contributed by atoms with Gasteiger partial charge in [0, 0.05) is 0 Å². The van der Waals surface area contributed by atoms with Gasteiger partial charge in [0.25, 0.3) is 0 Å². The number of rotatable bonds is 8. The van der Waals surface area contributed by atoms with E-state index >= 15 is 0 Å². The van der Waals surface area contributed by atoms with Crippen molar-refractivity contribution < 1.29 is 0 Å². The van der Waals surface area contributed by atoms with Crippen molar-refractivity contribution in [3.8, 4) is 0 Å². The van der Waals surface area contributed by atoms with Crippen molar-refractivity contribution in [2.24, 2.45) is 11.5 Å². The molecule has 0 saturated carbocycles. The zero-order chi connectivity index (χ0) is 17.5. The number of unbranched alkanes of at least 4 members (excludes halogenated alkanes) is 4. The van der Waals surface area contributed by atoms with Crippen LogP contribution in [0.25, 0.3) is 0 Å². The molecule has 2 aliphatic rings. The molecule has 0 fully saturated rings. The molecule has 0 amide bonds. The second-order valence-electron chi connectivity index (χ2n) is 7.38. The van der Waals surface area contributed by atoms with Crippen LogP contribution in [0, 0.1) is 0 Å². The highest BCUT2D eigenvalue weighted by atomic mass is 14.7. The highest BCUT2D eigenvalue weighted by molar-refractivity contribution is 5.53. The Morgan fingerprint density at radius 2 is 0.958 bits per heavy atom. The summed E-state index contributed by atoms with van der Waals surface area (Å²) >= 11 is 0. The maximum absolute atomic E-state index is 6.45. The monoisotopic (exact) mass is 326 g/mol. The van der Waals surface area contributed by atoms with Gasteiger partial charge in [-0.15, -0.1) is 0 Å². The van der Waals surface area contributed by atoms with Gasteiger partial charge in [0.05, 0.1) is 11.1 Å². The summed E-state index contributed by atoms with van der Waals surface area (Å²) in [4.78, 5) is 0. The van der Waals surface area contributed by atoms with Gasteiger partial charge in [0.2, 0.25) is 0 Å². The molecule has 2 heteroatoms. The van der Waals surface area contributed by atoms with E-state index in [-0.39, 0.29) is 11.1 Å². The van der Waals surface area contributed by atoms with E-state index in [1.165, 1.54) is 49.7 Å². The van der Waals surface area contributed by atoms with Crippen LogP contribution in [0.1, 0.15) is 65.2 Å². The van der Waals surface area contributed by atoms with E-state index in [9.17, 15) is 0 Å². The first kappa shape index (κ1) is 19.0. The topological polar surface area (TPSA) is 52.0 Å². The van der Waals surface area contributed by atoms with Gasteiger partial charge in [-0.25, -0.2) is 0 Å². The van der Waals surface area contributed by atoms with Crippen LogP contribution in [0.5, 0.6) is 0 Å². The van der Waals surface area contributed by atoms with Crippen LogP contribution in [-0.2, 0) is 0 Å². The molecule has 0 atom stereocenters. The first-order chi connectivity index (χ1) is 11.5. The Kier molecular flexibility index (Phi) is 6.82. The van der Waals surface area contributed by atoms with Crippen molar-refractivity contribution in [2.45, 2.75) is 76.3 Å². The maximum Gasteiger partial charge on any atom is 0.0531 e. The second-order valence-corrected chi connectivity index (χ2v) is 7.38. The minimum Gasteiger partial charge on any atom is -0.319 e. The van der Waals surface area contributed by atoms with Crippen molar-refractivity contribution >= 4 is 0 Å². The largest absolute Gasteiger partial charge is 0.319 e. The Hall–Kier alpha value is -1.38. The molecular weight excluding hydrogens is 292 g/mol. The number of allylic oxidation sites excluding steroid dienone is 6. The lowest BCUT2D eigenvalue weighted by molar-refractivity contribution is 0.536. The molecule has 0 heterocycles. The normalized spacial score (nSPS) is 28.8. The third-order valence-corrected chi connectivity index (χ3v) is 5.05. The smallest absolute Gasteiger partial charge is 0.0531 e. The lowest BCUT2D eigenvalue weighted by atomic mass is 9.84. The molecule has 2 aliphatic carbocycles. The minimum absolute atomic E-state index is 0.279. The van der Waals surface area contributed by atoms with Gasteiger partial charge in [-0.1, -0.05) is 101 Å². The first-order valence-corrected chi connectivity index (χ1v) is 9.59. The van der Waals surface area contributed by atoms with Gasteiger partial charge in [-0.3, -0.25) is 0 Å². The molecule has 0 aromatic rings. The third-order valence-electron chi connectivity index (χ3n) is 5.05. The van der Waals surface area contributed by atoms with Crippen LogP contribution < -0.4 is 11.5 Å². The summed E-state index contributed by atoms with van der Waals surface area (Å²) in [5.74, 6) is 0. The van der Waals surface area contributed by atoms with Crippen LogP contribution >= 0.6 is 0 Å². The molecule has 0 aliphatic heterocycles. The van der Waals surface area contributed by atoms with Crippen LogP contribution in [0.3, 0.4) is 0 Å². The van der Waals surface area contributed by atoms with E-state index in [4.69, 9.17) is 11.5 Å². The fraction of sp³-hybridized carbons (Fsp3) is 0.545. The van der Waals surface area contributed by atoms with E-state index in [2.05, 4.69) is 62.5 Å². The molecule has 0 bridgehead atoms. The Morgan fingerprint density at radius 1 is 0.625 bits per heavy atom. The molecular formula is C22H34N2. The molecule has 24 heavy (non-hydrogen) atoms. The highest BCUT2D eigenvalue weighted by Gasteiger charge is 2.22. The Morgan fingerprint density at radius 3 is 1.25 bits per heavy atom. The Labute approximate surface area is 148 Å². The predicted octanol–water partition coefficient (Wildman–Crippen LogP) is 5.09. The minimum atomic E-state index is -0.279. The van der Waals surface area contributed by atoms with E-state index in [0.29, 0.717) is 0 Å². The quantitative estimate of drug-likeness (QED) is 0.610. The zero-order valence-electron chi connectivity index (χ0n) is 15.4. The van der Waals surface area contributed by atoms with E-state index < -0.39 is 0 Å². The van der Waals surface area contributed by atoms with E-state index in [0.717, 1.165) is 12.8 Å². The third kappa shape index (κ3) is 5.32. The Bertz CT molecular complexity index is 479. The molecule has 0 unspecified atom stereocenters. The second kappa shape index (κ2) is 8.64. The van der Waals surface area contributed by atoms with Crippen molar-refractivity contribution in [1.82, 2.24) is 0 Å². The van der Waals surface area contributed by atoms with Gasteiger partial charge >= 0.3 is 0 Å². The number of hydrogen-bond acceptors (Lipinski definition) is 2. The molecule has 0 aromatic carbocycles. The van der Waals surface area contributed by atoms with Gasteiger partial charge in [0.15, 0.2) is 0 Å². The highest BCUT2D eigenvalue weighted by Crippen LogP contribution is 2.28. The first-order valence-electron chi connectivity index (χ1n) is 9.59. The maximum atomic E-state index is 6.45. The van der Waals surface area contributed by atoms with Gasteiger partial charge in [0.1, 0.15) is 0 Å². The van der Waals surface area contributed by atoms with Gasteiger partial charge in [-0.2, -0.15) is 0 Å². The molecule has 0 aromatic heterocycles. The molecule has 2 rings (SSSR count). The predicted molar refractivity (Wildman–Crippen MR) is 106 cm³/mol. The van der Waals surface area contributed by atoms with Crippen LogP contribution in [-0.4, -0.2) is 11.1 Å². The summed E-state index contributed by atoms with van der Waals surface area (Å²) in [6, 6.07) is 0. The van der Waals surface area contributed by atoms with Crippen LogP contribution in [0.4, 0.5) is 0 Å². The summed E-state index contributed by atoms with van der Waals surface area (Å²) in [6.07, 6.45) is 26.6. The molecule has 4 N–H and O–H groups in total. The average molecular weight is 327 g/mol. The van der Waals surface area contributed by atoms with Crippen LogP contribution in [0.15, 0.2) is 59.8 Å². The summed E-state index contributed by atoms with van der Waals surface area (Å²) in [7, 11) is 0. The summed E-state index contributed by atoms with van der Waals surface area (Å²) in [5, 5.41) is 0. The zero-order valence-corrected chi connectivity index (χ0v) is 15.4. The lowest BCUT2D eigenvalue weighted by Crippen LogP contribution is -2.36. The molecule has 0 spiro atoms. The van der Waals surface area contributed by atoms with Gasteiger partial charge in [-0.05, 0) is 24.0 Å². The standard InChI is InChI=1S/C22H34N2/c1-3-5-7-13-21(23)15-9-19(10-16-21)20-11-17-22(24,18-12-20)14-8-6-4-2/h9-12,15-18H,3-8,13-14,23-24H2,1-2H3. The summed E-state index contributed by atoms with van der Waals surface area (Å²) in [5.41, 5.74) is 14.8. The summed E-state index contributed by atoms with van der Waals surface area (Å²) < 4.78 is 0. The van der Waals surface area contributed by atoms with Crippen molar-refractivity contribution in [3.05, 3.63) is 59.8 Å². The van der Waals surface area contributed by atoms with Crippen molar-refractivity contribution in [2.75, 3.05) is 0 Å². The van der Waals surface area contributed by atoms with Crippen LogP contribution in [0.2, 0.25) is 0 Å². The molecule has 132 valence electrons. The van der Waals surface area contributed by atoms with Crippen molar-refractivity contribution in [3.63, 3.8) is 0 Å². The SMILES string of the molecule is CCCCCC1(N)C=CC(=C2C=CC(N)(CCCCC)C=C2)C=C1. The van der Waals surface area contributed by atoms with E-state index in [1.807, 2.05) is 0 Å². The lowest BCUT2D eigenvalue weighted by Gasteiger charge is -2.27. The Balaban J connectivity index is 1.98. The van der Waals surface area contributed by atoms with E-state index in [1.54, 1.807) is 0 Å². The summed E-state index contributed by atoms with van der Waals surface area (Å²) in [6.45, 7) is 4.44. The molecule has 2 nitrogen and oxygen atoms in total. The molecule has 0 radical (unpaired) electrons. The average Bonchev–Trinajstić information content (AvgIpc) is 2.57. The number of nitrogens with two attached hydrogens (primary N) is 2. The fourth-order valence-electron chi connectivity index (χ4n) is 3.28.